The Labute approximate surface area is 809 Å². The van der Waals surface area contributed by atoms with Crippen molar-refractivity contribution in [2.24, 2.45) is 41.2 Å². The molecule has 49 heteroatoms. The number of aliphatic hydroxyl groups is 2. The van der Waals surface area contributed by atoms with Crippen molar-refractivity contribution < 1.29 is 158 Å². The Morgan fingerprint density at radius 2 is 1.28 bits per heavy atom. The van der Waals surface area contributed by atoms with Gasteiger partial charge < -0.3 is 131 Å². The molecular weight excluding hydrogens is 1870 g/mol. The van der Waals surface area contributed by atoms with E-state index in [0.717, 1.165) is 4.90 Å². The van der Waals surface area contributed by atoms with Crippen LogP contribution in [0.1, 0.15) is 158 Å². The third-order valence-corrected chi connectivity index (χ3v) is 25.5. The number of phosphoric acid groups is 1. The van der Waals surface area contributed by atoms with E-state index in [4.69, 9.17) is 62.5 Å². The van der Waals surface area contributed by atoms with E-state index in [1.807, 2.05) is 60.5 Å². The lowest BCUT2D eigenvalue weighted by Crippen LogP contribution is -2.59. The van der Waals surface area contributed by atoms with Crippen molar-refractivity contribution in [1.82, 2.24) is 62.1 Å². The highest BCUT2D eigenvalue weighted by Gasteiger charge is 2.51. The minimum absolute atomic E-state index is 0.00252. The Balaban J connectivity index is 1.18. The molecule has 20 atom stereocenters. The van der Waals surface area contributed by atoms with Gasteiger partial charge in [-0.25, -0.2) is 14.2 Å². The Kier molecular flexibility index (Phi) is 50.8. The summed E-state index contributed by atoms with van der Waals surface area (Å²) in [7, 11) is -1.34. The Morgan fingerprint density at radius 1 is 0.669 bits per heavy atom. The summed E-state index contributed by atoms with van der Waals surface area (Å²) < 4.78 is 80.9. The fraction of sp³-hybridized carbons (Fsp3) is 0.689. The first-order chi connectivity index (χ1) is 65.5. The molecule has 0 radical (unpaired) electrons. The first-order valence-corrected chi connectivity index (χ1v) is 49.7. The summed E-state index contributed by atoms with van der Waals surface area (Å²) in [4.78, 5) is 250. The summed E-state index contributed by atoms with van der Waals surface area (Å²) >= 11 is 0. The zero-order valence-corrected chi connectivity index (χ0v) is 83.7. The van der Waals surface area contributed by atoms with E-state index in [9.17, 15) is 101 Å². The molecule has 2 aromatic rings. The number of hydrogen-bond acceptors (Lipinski definition) is 31. The number of carbonyl (C=O) groups is 16. The topological polar surface area (TPSA) is 648 Å². The fourth-order valence-corrected chi connectivity index (χ4v) is 17.6. The zero-order chi connectivity index (χ0) is 104. The van der Waals surface area contributed by atoms with Crippen molar-refractivity contribution in [3.8, 4) is 0 Å². The van der Waals surface area contributed by atoms with E-state index in [1.54, 1.807) is 61.0 Å². The molecule has 47 nitrogen and oxygen atoms in total. The average Bonchev–Trinajstić information content (AvgIpc) is 1.67. The number of ether oxygens (including phenoxy) is 8. The Morgan fingerprint density at radius 3 is 1.83 bits per heavy atom. The van der Waals surface area contributed by atoms with Crippen LogP contribution in [0.15, 0.2) is 54.6 Å². The van der Waals surface area contributed by atoms with Gasteiger partial charge in [-0.2, -0.15) is 0 Å². The monoisotopic (exact) mass is 2010 g/mol. The number of benzene rings is 2. The highest BCUT2D eigenvalue weighted by atomic mass is 31.2. The van der Waals surface area contributed by atoms with Gasteiger partial charge in [0, 0.05) is 78.3 Å². The molecule has 5 rings (SSSR count). The van der Waals surface area contributed by atoms with E-state index in [0.29, 0.717) is 36.9 Å². The van der Waals surface area contributed by atoms with Crippen molar-refractivity contribution in [2.75, 3.05) is 126 Å². The maximum absolute atomic E-state index is 14.7. The number of primary amides is 1. The summed E-state index contributed by atoms with van der Waals surface area (Å²) in [6.07, 6.45) is -12.6. The maximum Gasteiger partial charge on any atom is 0.473 e. The van der Waals surface area contributed by atoms with E-state index < -0.39 is 240 Å². The standard InChI is InChI=1S/C90H144N14O33P2/c1-17-54(8)75(102(14)88(120)73(52(4)5)100-86(118)74(53(6)7)101(12)13)66(128-15)47-69(109)103-35-22-26-63(103)77(129-16)56(10)81(113)95-57(11)78(59-23-19-18-20-24-59)137-139(126,127)134-50-58-27-29-60(30-28-58)96-82(114)61(25-21-33-93-90(91)122)98-85(117)72(51(2)3)99-83(115)62(46-71(111)135-80-76(112)79(65(106)49-105)136-89(80)121)97-68(108)31-36-130-38-40-132-42-43-133-41-39-131-37-34-92-84(116)64(104-70(110)45-55(9)87(104)119)48-94-67(107)32-44-138(123,124)125/h18-20,23-24,27-30,49,51-57,61-66,72-80,106,112H,17,21-22,25-26,31-48,50H2,1-16H3,(H,92,116)(H,94,107)(H,95,113)(H,96,114)(H,97,108)(H,98,117)(H,99,115)(H,100,118)(H,126,127)(H3,91,93,122)(H2,123,124,125)/t54-,55?,56+,57+,61-,62-,63-,64-,65?,66+,72-,73-,74-,75-,76?,77+,78+,79?,80?/m0/s1. The number of aliphatic hydroxyl groups excluding tert-OH is 2. The predicted molar refractivity (Wildman–Crippen MR) is 498 cm³/mol. The summed E-state index contributed by atoms with van der Waals surface area (Å²) in [5.41, 5.74) is 6.11. The number of cyclic esters (lactones) is 1. The number of likely N-dealkylation sites (tertiary alicyclic amines) is 2. The lowest BCUT2D eigenvalue weighted by atomic mass is 9.89. The molecule has 0 aromatic heterocycles. The zero-order valence-electron chi connectivity index (χ0n) is 81.9. The van der Waals surface area contributed by atoms with Crippen LogP contribution >= 0.6 is 15.4 Å². The molecule has 782 valence electrons. The molecule has 3 fully saturated rings. The van der Waals surface area contributed by atoms with Gasteiger partial charge in [0.2, 0.25) is 77.0 Å². The van der Waals surface area contributed by atoms with Crippen LogP contribution in [-0.4, -0.2) is 351 Å². The number of anilines is 1. The number of imide groups is 1. The molecule has 139 heavy (non-hydrogen) atoms. The van der Waals surface area contributed by atoms with Gasteiger partial charge in [-0.3, -0.25) is 85.7 Å². The molecule has 3 saturated heterocycles. The van der Waals surface area contributed by atoms with Crippen LogP contribution in [0.25, 0.3) is 0 Å². The molecule has 6 unspecified atom stereocenters. The van der Waals surface area contributed by atoms with Gasteiger partial charge in [0.15, 0.2) is 12.4 Å². The lowest BCUT2D eigenvalue weighted by Gasteiger charge is -2.41. The summed E-state index contributed by atoms with van der Waals surface area (Å²) in [6, 6.07) is 3.22. The van der Waals surface area contributed by atoms with Crippen LogP contribution in [0, 0.1) is 35.5 Å². The Bertz CT molecular complexity index is 4470. The first kappa shape index (κ1) is 120. The largest absolute Gasteiger partial charge is 0.473 e. The molecule has 3 heterocycles. The van der Waals surface area contributed by atoms with Crippen molar-refractivity contribution in [3.05, 3.63) is 65.7 Å². The van der Waals surface area contributed by atoms with E-state index in [2.05, 4.69) is 47.9 Å². The molecular formula is C90H144N14O33P2. The van der Waals surface area contributed by atoms with Crippen LogP contribution in [0.5, 0.6) is 0 Å². The molecule has 16 N–H and O–H groups in total. The second-order valence-electron chi connectivity index (χ2n) is 35.8. The molecule has 0 saturated carbocycles. The number of urea groups is 1. The van der Waals surface area contributed by atoms with Gasteiger partial charge in [0.1, 0.15) is 48.5 Å². The van der Waals surface area contributed by atoms with Gasteiger partial charge in [0.05, 0.1) is 121 Å². The van der Waals surface area contributed by atoms with Gasteiger partial charge in [-0.1, -0.05) is 118 Å². The summed E-state index contributed by atoms with van der Waals surface area (Å²) in [5.74, 6) is -13.9. The molecule has 0 aliphatic carbocycles. The number of nitrogens with one attached hydrogen (secondary N) is 9. The number of esters is 2. The van der Waals surface area contributed by atoms with Gasteiger partial charge in [0.25, 0.3) is 0 Å². The van der Waals surface area contributed by atoms with E-state index in [1.165, 1.54) is 59.3 Å². The number of methoxy groups -OCH3 is 2. The van der Waals surface area contributed by atoms with Crippen molar-refractivity contribution in [3.63, 3.8) is 0 Å². The Hall–Kier alpha value is -9.94. The molecule has 0 bridgehead atoms. The highest BCUT2D eigenvalue weighted by molar-refractivity contribution is 7.51. The van der Waals surface area contributed by atoms with Crippen LogP contribution in [0.4, 0.5) is 10.5 Å². The number of hydrogen-bond donors (Lipinski definition) is 15. The number of nitrogens with zero attached hydrogens (tertiary/aromatic N) is 4. The molecule has 2 aromatic carbocycles. The number of aldehydes is 1. The molecule has 0 spiro atoms. The average molecular weight is 2010 g/mol. The first-order valence-electron chi connectivity index (χ1n) is 46.4. The van der Waals surface area contributed by atoms with Crippen molar-refractivity contribution in [2.45, 2.75) is 244 Å². The number of amides is 14. The van der Waals surface area contributed by atoms with Gasteiger partial charge >= 0.3 is 33.4 Å². The van der Waals surface area contributed by atoms with Crippen LogP contribution < -0.4 is 53.6 Å². The number of carbonyl (C=O) groups excluding carboxylic acids is 16. The quantitative estimate of drug-likeness (QED) is 0.0135. The second-order valence-corrected chi connectivity index (χ2v) is 39.0. The minimum atomic E-state index is -5.05. The van der Waals surface area contributed by atoms with Crippen LogP contribution in [0.3, 0.4) is 0 Å². The third-order valence-electron chi connectivity index (χ3n) is 23.8. The summed E-state index contributed by atoms with van der Waals surface area (Å²) in [6.45, 7) is 18.4. The van der Waals surface area contributed by atoms with Gasteiger partial charge in [-0.15, -0.1) is 0 Å². The number of phosphoric ester groups is 1. The smallest absolute Gasteiger partial charge is 0.453 e. The fourth-order valence-electron chi connectivity index (χ4n) is 16.2. The third kappa shape index (κ3) is 38.8. The predicted octanol–water partition coefficient (Wildman–Crippen LogP) is -0.121. The number of nitrogens with two attached hydrogens (primary N) is 1. The number of rotatable bonds is 64. The lowest BCUT2D eigenvalue weighted by molar-refractivity contribution is -0.164. The summed E-state index contributed by atoms with van der Waals surface area (Å²) in [5, 5.41) is 44.1. The molecule has 3 aliphatic heterocycles. The SMILES string of the molecule is CC[C@H](C)[C@@H]([C@@H](CC(=O)N1CCC[C@H]1[C@H](OC)[C@@H](C)C(=O)N[C@H](C)[C@@H](OP(=O)(O)OCc1ccc(NC(=O)[C@H](CCCNC(N)=O)NC(=O)[C@@H](NC(=O)[C@H](CC(=O)OC2C(=O)OC(C(O)C=O)C2O)NC(=O)CCOCCOCCOCCOCCNC(=O)[C@H](CNC(=O)CCP(=O)(O)O)N2C(=O)CC(C)C2=O)C(C)C)cc1)c1ccccc1)OC)N(C)C(=O)[C@@H](NC(=O)[C@H](C(C)C)N(C)C)C(C)C. The van der Waals surface area contributed by atoms with Crippen LogP contribution in [-0.2, 0) is 135 Å². The number of likely N-dealkylation sites (N-methyl/N-ethyl adjacent to an activating group) is 2. The van der Waals surface area contributed by atoms with E-state index in [-0.39, 0.29) is 139 Å². The minimum Gasteiger partial charge on any atom is -0.453 e. The van der Waals surface area contributed by atoms with Crippen LogP contribution in [0.2, 0.25) is 0 Å². The van der Waals surface area contributed by atoms with Gasteiger partial charge in [-0.05, 0) is 93.6 Å². The second kappa shape index (κ2) is 59.1. The maximum atomic E-state index is 14.7. The molecule has 14 amide bonds. The van der Waals surface area contributed by atoms with Crippen molar-refractivity contribution >= 4 is 116 Å². The molecule has 3 aliphatic rings. The highest BCUT2D eigenvalue weighted by Crippen LogP contribution is 2.50. The van der Waals surface area contributed by atoms with E-state index >= 15 is 0 Å². The normalized spacial score (nSPS) is 19.6. The van der Waals surface area contributed by atoms with Crippen molar-refractivity contribution in [1.29, 1.82) is 0 Å².